The van der Waals surface area contributed by atoms with Gasteiger partial charge in [0.2, 0.25) is 0 Å². The molecule has 1 fully saturated rings. The van der Waals surface area contributed by atoms with Gasteiger partial charge in [0.1, 0.15) is 5.82 Å². The van der Waals surface area contributed by atoms with Crippen LogP contribution in [0.5, 0.6) is 0 Å². The summed E-state index contributed by atoms with van der Waals surface area (Å²) in [6, 6.07) is 5.51. The second-order valence-corrected chi connectivity index (χ2v) is 5.97. The Morgan fingerprint density at radius 2 is 2.33 bits per heavy atom. The zero-order chi connectivity index (χ0) is 13.2. The minimum Gasteiger partial charge on any atom is -0.382 e. The van der Waals surface area contributed by atoms with Crippen molar-refractivity contribution in [2.45, 2.75) is 44.8 Å². The lowest BCUT2D eigenvalue weighted by Crippen LogP contribution is -2.41. The summed E-state index contributed by atoms with van der Waals surface area (Å²) < 4.78 is 19.7. The second kappa shape index (κ2) is 5.57. The molecule has 1 aromatic carbocycles. The Hall–Kier alpha value is -0.610. The third-order valence-corrected chi connectivity index (χ3v) is 4.28. The average Bonchev–Trinajstić information content (AvgIpc) is 2.34. The van der Waals surface area contributed by atoms with Gasteiger partial charge in [0, 0.05) is 18.3 Å². The smallest absolute Gasteiger partial charge is 0.139 e. The van der Waals surface area contributed by atoms with Gasteiger partial charge >= 0.3 is 0 Å². The van der Waals surface area contributed by atoms with Gasteiger partial charge in [-0.15, -0.1) is 0 Å². The van der Waals surface area contributed by atoms with Crippen molar-refractivity contribution in [3.05, 3.63) is 28.5 Å². The minimum absolute atomic E-state index is 0.0518. The highest BCUT2D eigenvalue weighted by Crippen LogP contribution is 2.30. The van der Waals surface area contributed by atoms with Crippen molar-refractivity contribution in [2.75, 3.05) is 11.9 Å². The Morgan fingerprint density at radius 3 is 3.00 bits per heavy atom. The van der Waals surface area contributed by atoms with Gasteiger partial charge in [0.05, 0.1) is 10.1 Å². The third-order valence-electron chi connectivity index (χ3n) is 3.63. The highest BCUT2D eigenvalue weighted by atomic mass is 79.9. The van der Waals surface area contributed by atoms with Crippen molar-refractivity contribution in [1.82, 2.24) is 0 Å². The standard InChI is InChI=1S/C14H19BrFNO/c1-3-14(2)9-11(6-7-18-14)17-10-4-5-12(15)13(16)8-10/h4-5,8,11,17H,3,6-7,9H2,1-2H3. The maximum Gasteiger partial charge on any atom is 0.139 e. The van der Waals surface area contributed by atoms with Crippen LogP contribution in [0, 0.1) is 5.82 Å². The Kier molecular flexibility index (Phi) is 4.28. The summed E-state index contributed by atoms with van der Waals surface area (Å²) in [7, 11) is 0. The minimum atomic E-state index is -0.231. The Balaban J connectivity index is 2.02. The molecule has 1 saturated heterocycles. The first-order valence-corrected chi connectivity index (χ1v) is 7.17. The first-order valence-electron chi connectivity index (χ1n) is 6.38. The molecule has 0 aromatic heterocycles. The monoisotopic (exact) mass is 315 g/mol. The van der Waals surface area contributed by atoms with Crippen molar-refractivity contribution in [3.8, 4) is 0 Å². The summed E-state index contributed by atoms with van der Waals surface area (Å²) in [5.74, 6) is -0.231. The van der Waals surface area contributed by atoms with E-state index in [1.54, 1.807) is 6.07 Å². The Bertz CT molecular complexity index is 426. The van der Waals surface area contributed by atoms with Crippen molar-refractivity contribution in [2.24, 2.45) is 0 Å². The molecule has 0 aliphatic carbocycles. The normalized spacial score (nSPS) is 28.1. The molecule has 0 bridgehead atoms. The predicted molar refractivity (Wildman–Crippen MR) is 75.4 cm³/mol. The van der Waals surface area contributed by atoms with Crippen molar-refractivity contribution >= 4 is 21.6 Å². The Labute approximate surface area is 116 Å². The summed E-state index contributed by atoms with van der Waals surface area (Å²) in [6.45, 7) is 5.05. The van der Waals surface area contributed by atoms with E-state index in [9.17, 15) is 4.39 Å². The molecule has 1 aliphatic rings. The topological polar surface area (TPSA) is 21.3 Å². The van der Waals surface area contributed by atoms with Crippen LogP contribution < -0.4 is 5.32 Å². The molecule has 1 N–H and O–H groups in total. The SMILES string of the molecule is CCC1(C)CC(Nc2ccc(Br)c(F)c2)CCO1. The number of anilines is 1. The van der Waals surface area contributed by atoms with Crippen LogP contribution in [0.15, 0.2) is 22.7 Å². The van der Waals surface area contributed by atoms with E-state index >= 15 is 0 Å². The average molecular weight is 316 g/mol. The van der Waals surface area contributed by atoms with Gasteiger partial charge in [-0.25, -0.2) is 4.39 Å². The molecule has 2 nitrogen and oxygen atoms in total. The first kappa shape index (κ1) is 13.8. The number of ether oxygens (including phenoxy) is 1. The highest BCUT2D eigenvalue weighted by Gasteiger charge is 2.31. The lowest BCUT2D eigenvalue weighted by Gasteiger charge is -2.38. The molecule has 0 saturated carbocycles. The summed E-state index contributed by atoms with van der Waals surface area (Å²) in [6.07, 6.45) is 2.92. The van der Waals surface area contributed by atoms with Crippen LogP contribution in [0.1, 0.15) is 33.1 Å². The molecule has 18 heavy (non-hydrogen) atoms. The third kappa shape index (κ3) is 3.23. The molecule has 1 aliphatic heterocycles. The Morgan fingerprint density at radius 1 is 1.56 bits per heavy atom. The zero-order valence-corrected chi connectivity index (χ0v) is 12.4. The van der Waals surface area contributed by atoms with Crippen molar-refractivity contribution < 1.29 is 9.13 Å². The van der Waals surface area contributed by atoms with E-state index < -0.39 is 0 Å². The summed E-state index contributed by atoms with van der Waals surface area (Å²) in [5, 5.41) is 3.40. The first-order chi connectivity index (χ1) is 8.52. The van der Waals surface area contributed by atoms with Crippen LogP contribution in [0.2, 0.25) is 0 Å². The molecule has 1 heterocycles. The fourth-order valence-corrected chi connectivity index (χ4v) is 2.57. The van der Waals surface area contributed by atoms with Crippen LogP contribution in [-0.2, 0) is 4.74 Å². The van der Waals surface area contributed by atoms with E-state index in [2.05, 4.69) is 35.1 Å². The van der Waals surface area contributed by atoms with Gasteiger partial charge in [-0.3, -0.25) is 0 Å². The number of nitrogens with one attached hydrogen (secondary N) is 1. The van der Waals surface area contributed by atoms with E-state index in [-0.39, 0.29) is 11.4 Å². The van der Waals surface area contributed by atoms with Gasteiger partial charge in [0.25, 0.3) is 0 Å². The van der Waals surface area contributed by atoms with Gasteiger partial charge in [0.15, 0.2) is 0 Å². The maximum atomic E-state index is 13.4. The predicted octanol–water partition coefficient (Wildman–Crippen LogP) is 4.35. The van der Waals surface area contributed by atoms with E-state index in [1.165, 1.54) is 6.07 Å². The van der Waals surface area contributed by atoms with E-state index in [4.69, 9.17) is 4.74 Å². The van der Waals surface area contributed by atoms with Crippen molar-refractivity contribution in [3.63, 3.8) is 0 Å². The molecule has 4 heteroatoms. The lowest BCUT2D eigenvalue weighted by molar-refractivity contribution is -0.0708. The molecule has 2 unspecified atom stereocenters. The fraction of sp³-hybridized carbons (Fsp3) is 0.571. The summed E-state index contributed by atoms with van der Waals surface area (Å²) >= 11 is 3.16. The van der Waals surface area contributed by atoms with Gasteiger partial charge in [-0.1, -0.05) is 6.92 Å². The second-order valence-electron chi connectivity index (χ2n) is 5.11. The van der Waals surface area contributed by atoms with Crippen LogP contribution in [-0.4, -0.2) is 18.2 Å². The molecule has 2 atom stereocenters. The van der Waals surface area contributed by atoms with Crippen LogP contribution in [0.25, 0.3) is 0 Å². The molecule has 0 amide bonds. The zero-order valence-electron chi connectivity index (χ0n) is 10.8. The lowest BCUT2D eigenvalue weighted by atomic mass is 9.90. The van der Waals surface area contributed by atoms with Gasteiger partial charge < -0.3 is 10.1 Å². The largest absolute Gasteiger partial charge is 0.382 e. The molecule has 100 valence electrons. The number of benzene rings is 1. The molecular formula is C14H19BrFNO. The molecule has 0 radical (unpaired) electrons. The van der Waals surface area contributed by atoms with Crippen molar-refractivity contribution in [1.29, 1.82) is 0 Å². The fourth-order valence-electron chi connectivity index (χ4n) is 2.32. The van der Waals surface area contributed by atoms with E-state index in [0.29, 0.717) is 10.5 Å². The maximum absolute atomic E-state index is 13.4. The molecule has 0 spiro atoms. The van der Waals surface area contributed by atoms with Gasteiger partial charge in [-0.2, -0.15) is 0 Å². The number of rotatable bonds is 3. The summed E-state index contributed by atoms with van der Waals surface area (Å²) in [5.41, 5.74) is 0.783. The van der Waals surface area contributed by atoms with E-state index in [1.807, 2.05) is 6.07 Å². The number of hydrogen-bond acceptors (Lipinski definition) is 2. The number of hydrogen-bond donors (Lipinski definition) is 1. The molecule has 2 rings (SSSR count). The molecular weight excluding hydrogens is 297 g/mol. The van der Waals surface area contributed by atoms with Crippen LogP contribution >= 0.6 is 15.9 Å². The van der Waals surface area contributed by atoms with Crippen LogP contribution in [0.4, 0.5) is 10.1 Å². The summed E-state index contributed by atoms with van der Waals surface area (Å²) in [4.78, 5) is 0. The highest BCUT2D eigenvalue weighted by molar-refractivity contribution is 9.10. The molecule has 1 aromatic rings. The van der Waals surface area contributed by atoms with E-state index in [0.717, 1.165) is 31.6 Å². The van der Waals surface area contributed by atoms with Gasteiger partial charge in [-0.05, 0) is 60.3 Å². The quantitative estimate of drug-likeness (QED) is 0.895. The van der Waals surface area contributed by atoms with Crippen LogP contribution in [0.3, 0.4) is 0 Å². The number of halogens is 2.